The molecule has 1 atom stereocenters. The predicted octanol–water partition coefficient (Wildman–Crippen LogP) is 3.28. The summed E-state index contributed by atoms with van der Waals surface area (Å²) in [6, 6.07) is 11.5. The van der Waals surface area contributed by atoms with Gasteiger partial charge in [0.1, 0.15) is 11.6 Å². The molecule has 0 saturated heterocycles. The highest BCUT2D eigenvalue weighted by atomic mass is 19.1. The van der Waals surface area contributed by atoms with Crippen molar-refractivity contribution < 1.29 is 13.9 Å². The van der Waals surface area contributed by atoms with Gasteiger partial charge in [0.15, 0.2) is 0 Å². The monoisotopic (exact) mass is 274 g/mol. The molecule has 2 aromatic rings. The molecule has 1 N–H and O–H groups in total. The van der Waals surface area contributed by atoms with Gasteiger partial charge in [-0.1, -0.05) is 24.3 Å². The molecule has 0 bridgehead atoms. The Labute approximate surface area is 116 Å². The molecule has 0 aromatic heterocycles. The van der Waals surface area contributed by atoms with Gasteiger partial charge in [0, 0.05) is 6.42 Å². The van der Waals surface area contributed by atoms with E-state index in [9.17, 15) is 13.9 Å². The highest BCUT2D eigenvalue weighted by molar-refractivity contribution is 5.32. The van der Waals surface area contributed by atoms with Gasteiger partial charge in [-0.15, -0.1) is 0 Å². The van der Waals surface area contributed by atoms with Gasteiger partial charge in [0.05, 0.1) is 6.10 Å². The van der Waals surface area contributed by atoms with Crippen molar-refractivity contribution in [1.29, 1.82) is 0 Å². The van der Waals surface area contributed by atoms with E-state index in [2.05, 4.69) is 12.1 Å². The number of hydrogen-bond donors (Lipinski definition) is 1. The fraction of sp³-hybridized carbons (Fsp3) is 0.294. The topological polar surface area (TPSA) is 20.2 Å². The average Bonchev–Trinajstić information content (AvgIpc) is 2.87. The number of halogens is 2. The van der Waals surface area contributed by atoms with Gasteiger partial charge >= 0.3 is 0 Å². The van der Waals surface area contributed by atoms with Crippen LogP contribution in [0.3, 0.4) is 0 Å². The second-order valence-corrected chi connectivity index (χ2v) is 5.44. The highest BCUT2D eigenvalue weighted by Gasteiger charge is 2.27. The van der Waals surface area contributed by atoms with Gasteiger partial charge in [0.25, 0.3) is 0 Å². The summed E-state index contributed by atoms with van der Waals surface area (Å²) in [6.07, 6.45) is 1.10. The van der Waals surface area contributed by atoms with Crippen LogP contribution in [0.2, 0.25) is 0 Å². The third kappa shape index (κ3) is 2.59. The quantitative estimate of drug-likeness (QED) is 0.910. The number of rotatable bonds is 3. The van der Waals surface area contributed by atoms with Crippen molar-refractivity contribution in [3.63, 3.8) is 0 Å². The van der Waals surface area contributed by atoms with Gasteiger partial charge in [-0.3, -0.25) is 0 Å². The minimum atomic E-state index is -0.654. The van der Waals surface area contributed by atoms with E-state index in [1.165, 1.54) is 17.2 Å². The predicted molar refractivity (Wildman–Crippen MR) is 73.4 cm³/mol. The molecule has 0 spiro atoms. The Balaban J connectivity index is 1.72. The van der Waals surface area contributed by atoms with Crippen LogP contribution >= 0.6 is 0 Å². The smallest absolute Gasteiger partial charge is 0.126 e. The van der Waals surface area contributed by atoms with Crippen LogP contribution in [0.1, 0.15) is 16.7 Å². The number of benzene rings is 2. The van der Waals surface area contributed by atoms with Crippen LogP contribution in [-0.2, 0) is 19.3 Å². The average molecular weight is 274 g/mol. The van der Waals surface area contributed by atoms with E-state index < -0.39 is 17.7 Å². The molecule has 1 aliphatic rings. The number of hydrogen-bond acceptors (Lipinski definition) is 1. The molecule has 2 aromatic carbocycles. The minimum absolute atomic E-state index is 0.0788. The number of aliphatic hydroxyl groups is 1. The Bertz CT molecular complexity index is 599. The van der Waals surface area contributed by atoms with E-state index in [1.54, 1.807) is 0 Å². The Hall–Kier alpha value is -1.74. The molecule has 1 aliphatic carbocycles. The minimum Gasteiger partial charge on any atom is -0.392 e. The van der Waals surface area contributed by atoms with E-state index in [1.807, 2.05) is 12.1 Å². The number of aliphatic hydroxyl groups excluding tert-OH is 1. The van der Waals surface area contributed by atoms with Crippen molar-refractivity contribution in [1.82, 2.24) is 0 Å². The zero-order valence-corrected chi connectivity index (χ0v) is 11.0. The molecular weight excluding hydrogens is 258 g/mol. The Morgan fingerprint density at radius 3 is 2.35 bits per heavy atom. The van der Waals surface area contributed by atoms with E-state index in [0.717, 1.165) is 25.0 Å². The van der Waals surface area contributed by atoms with Crippen LogP contribution in [-0.4, -0.2) is 11.2 Å². The first-order valence-electron chi connectivity index (χ1n) is 6.82. The summed E-state index contributed by atoms with van der Waals surface area (Å²) >= 11 is 0. The SMILES string of the molecule is OC(Cc1cc(F)ccc1F)C1Cc2ccccc2C1. The third-order valence-corrected chi connectivity index (χ3v) is 4.06. The van der Waals surface area contributed by atoms with Crippen molar-refractivity contribution >= 4 is 0 Å². The highest BCUT2D eigenvalue weighted by Crippen LogP contribution is 2.30. The second-order valence-electron chi connectivity index (χ2n) is 5.44. The summed E-state index contributed by atoms with van der Waals surface area (Å²) in [5, 5.41) is 10.3. The summed E-state index contributed by atoms with van der Waals surface area (Å²) in [5.41, 5.74) is 2.74. The Morgan fingerprint density at radius 2 is 1.70 bits per heavy atom. The van der Waals surface area contributed by atoms with Crippen LogP contribution in [0.4, 0.5) is 8.78 Å². The standard InChI is InChI=1S/C17H16F2O/c18-15-5-6-16(19)13(9-15)10-17(20)14-7-11-3-1-2-4-12(11)8-14/h1-6,9,14,17,20H,7-8,10H2. The summed E-state index contributed by atoms with van der Waals surface area (Å²) in [4.78, 5) is 0. The molecule has 0 amide bonds. The van der Waals surface area contributed by atoms with Gasteiger partial charge in [-0.05, 0) is 53.6 Å². The molecule has 0 fully saturated rings. The summed E-state index contributed by atoms with van der Waals surface area (Å²) in [5.74, 6) is -0.848. The normalized spacial score (nSPS) is 16.1. The van der Waals surface area contributed by atoms with Crippen LogP contribution in [0, 0.1) is 17.6 Å². The second kappa shape index (κ2) is 5.33. The first-order valence-corrected chi connectivity index (χ1v) is 6.82. The molecular formula is C17H16F2O. The van der Waals surface area contributed by atoms with Crippen LogP contribution < -0.4 is 0 Å². The molecule has 1 unspecified atom stereocenters. The Kier molecular flexibility index (Phi) is 3.53. The maximum Gasteiger partial charge on any atom is 0.126 e. The molecule has 3 rings (SSSR count). The van der Waals surface area contributed by atoms with Crippen molar-refractivity contribution in [3.8, 4) is 0 Å². The van der Waals surface area contributed by atoms with Gasteiger partial charge in [-0.25, -0.2) is 8.78 Å². The largest absolute Gasteiger partial charge is 0.392 e. The fourth-order valence-corrected chi connectivity index (χ4v) is 2.96. The zero-order valence-electron chi connectivity index (χ0n) is 11.0. The van der Waals surface area contributed by atoms with Crippen molar-refractivity contribution in [3.05, 3.63) is 70.8 Å². The molecule has 104 valence electrons. The first kappa shape index (κ1) is 13.3. The van der Waals surface area contributed by atoms with Crippen molar-refractivity contribution in [2.75, 3.05) is 0 Å². The lowest BCUT2D eigenvalue weighted by atomic mass is 9.93. The lowest BCUT2D eigenvalue weighted by Crippen LogP contribution is -2.23. The third-order valence-electron chi connectivity index (χ3n) is 4.06. The maximum atomic E-state index is 13.6. The van der Waals surface area contributed by atoms with E-state index in [4.69, 9.17) is 0 Å². The Morgan fingerprint density at radius 1 is 1.05 bits per heavy atom. The molecule has 1 nitrogen and oxygen atoms in total. The van der Waals surface area contributed by atoms with Gasteiger partial charge < -0.3 is 5.11 Å². The zero-order chi connectivity index (χ0) is 14.1. The van der Waals surface area contributed by atoms with Crippen LogP contribution in [0.25, 0.3) is 0 Å². The first-order chi connectivity index (χ1) is 9.63. The number of fused-ring (bicyclic) bond motifs is 1. The van der Waals surface area contributed by atoms with Crippen LogP contribution in [0.5, 0.6) is 0 Å². The molecule has 0 radical (unpaired) electrons. The van der Waals surface area contributed by atoms with Gasteiger partial charge in [0.2, 0.25) is 0 Å². The molecule has 0 aliphatic heterocycles. The molecule has 20 heavy (non-hydrogen) atoms. The van der Waals surface area contributed by atoms with Gasteiger partial charge in [-0.2, -0.15) is 0 Å². The van der Waals surface area contributed by atoms with Crippen molar-refractivity contribution in [2.45, 2.75) is 25.4 Å². The van der Waals surface area contributed by atoms with E-state index >= 15 is 0 Å². The van der Waals surface area contributed by atoms with E-state index in [0.29, 0.717) is 0 Å². The lowest BCUT2D eigenvalue weighted by Gasteiger charge is -2.18. The maximum absolute atomic E-state index is 13.6. The van der Waals surface area contributed by atoms with Crippen LogP contribution in [0.15, 0.2) is 42.5 Å². The molecule has 0 saturated carbocycles. The summed E-state index contributed by atoms with van der Waals surface area (Å²) < 4.78 is 26.7. The lowest BCUT2D eigenvalue weighted by molar-refractivity contribution is 0.112. The van der Waals surface area contributed by atoms with E-state index in [-0.39, 0.29) is 17.9 Å². The molecule has 3 heteroatoms. The van der Waals surface area contributed by atoms with Crippen molar-refractivity contribution in [2.24, 2.45) is 5.92 Å². The fourth-order valence-electron chi connectivity index (χ4n) is 2.96. The molecule has 0 heterocycles. The summed E-state index contributed by atoms with van der Waals surface area (Å²) in [7, 11) is 0. The summed E-state index contributed by atoms with van der Waals surface area (Å²) in [6.45, 7) is 0.